The Morgan fingerprint density at radius 1 is 1.22 bits per heavy atom. The van der Waals surface area contributed by atoms with Crippen LogP contribution < -0.4 is 4.57 Å². The van der Waals surface area contributed by atoms with Gasteiger partial charge in [-0.2, -0.15) is 0 Å². The number of aryl methyl sites for hydroxylation is 1. The maximum absolute atomic E-state index is 10.7. The molecule has 0 radical (unpaired) electrons. The third-order valence-electron chi connectivity index (χ3n) is 1.40. The van der Waals surface area contributed by atoms with Crippen molar-refractivity contribution < 1.29 is 29.7 Å². The van der Waals surface area contributed by atoms with Crippen LogP contribution in [-0.2, 0) is 13.6 Å². The van der Waals surface area contributed by atoms with E-state index in [-0.39, 0.29) is 0 Å². The van der Waals surface area contributed by atoms with Crippen molar-refractivity contribution in [2.75, 3.05) is 5.33 Å². The molecule has 0 aromatic carbocycles. The second-order valence-corrected chi connectivity index (χ2v) is 7.34. The summed E-state index contributed by atoms with van der Waals surface area (Å²) in [5, 5.41) is 0.981. The van der Waals surface area contributed by atoms with E-state index in [1.165, 1.54) is 0 Å². The predicted octanol–water partition coefficient (Wildman–Crippen LogP) is 4.85. The Bertz CT molecular complexity index is 377. The fourth-order valence-corrected chi connectivity index (χ4v) is 1.43. The number of rotatable bonds is 3. The van der Waals surface area contributed by atoms with Gasteiger partial charge in [-0.1, -0.05) is 31.9 Å². The van der Waals surface area contributed by atoms with Crippen LogP contribution in [-0.4, -0.2) is 14.7 Å². The number of hydrogen-bond donors (Lipinski definition) is 0. The van der Waals surface area contributed by atoms with Crippen molar-refractivity contribution in [3.05, 3.63) is 18.7 Å². The second-order valence-electron chi connectivity index (χ2n) is 3.49. The molecule has 1 heterocycles. The van der Waals surface area contributed by atoms with E-state index in [1.807, 2.05) is 17.8 Å². The molecule has 0 fully saturated rings. The van der Waals surface area contributed by atoms with Crippen molar-refractivity contribution in [1.82, 2.24) is 4.57 Å². The zero-order chi connectivity index (χ0) is 14.7. The first-order valence-corrected chi connectivity index (χ1v) is 8.51. The zero-order valence-electron chi connectivity index (χ0n) is 9.09. The van der Waals surface area contributed by atoms with Gasteiger partial charge in [-0.05, 0) is 0 Å². The quantitative estimate of drug-likeness (QED) is 0.282. The summed E-state index contributed by atoms with van der Waals surface area (Å²) < 4.78 is 63.4. The van der Waals surface area contributed by atoms with E-state index in [0.717, 1.165) is 11.9 Å². The van der Waals surface area contributed by atoms with Gasteiger partial charge in [-0.3, -0.25) is 0 Å². The molecule has 0 aliphatic rings. The Hall–Kier alpha value is 0.180. The molecule has 1 unspecified atom stereocenters. The summed E-state index contributed by atoms with van der Waals surface area (Å²) >= 11 is 6.96. The third kappa shape index (κ3) is 16.2. The Balaban J connectivity index is 0.000000360. The summed E-state index contributed by atoms with van der Waals surface area (Å²) in [5.74, 6) is 0. The van der Waals surface area contributed by atoms with Crippen LogP contribution in [0.5, 0.6) is 0 Å². The van der Waals surface area contributed by atoms with Gasteiger partial charge in [-0.15, -0.1) is 0 Å². The third-order valence-corrected chi connectivity index (χ3v) is 3.66. The molecule has 11 heteroatoms. The monoisotopic (exact) mass is 426 g/mol. The minimum atomic E-state index is -10.7. The Morgan fingerprint density at radius 3 is 1.94 bits per heavy atom. The maximum atomic E-state index is 9.87. The first kappa shape index (κ1) is 18.2. The molecule has 1 aromatic rings. The molecule has 1 atom stereocenters. The normalized spacial score (nSPS) is 17.2. The number of halogens is 8. The van der Waals surface area contributed by atoms with E-state index in [1.54, 1.807) is 0 Å². The van der Waals surface area contributed by atoms with Crippen LogP contribution in [0.4, 0.5) is 25.2 Å². The summed E-state index contributed by atoms with van der Waals surface area (Å²) in [4.78, 5) is 0.509. The Labute approximate surface area is 116 Å². The molecule has 0 aliphatic heterocycles. The number of hydrogen-bond acceptors (Lipinski definition) is 0. The SMILES string of the molecule is C[n+]1ccn(CC(Br)CBr)c1.F[P-](F)(F)(F)(F)F. The van der Waals surface area contributed by atoms with Gasteiger partial charge in [0.15, 0.2) is 0 Å². The number of aromatic nitrogens is 2. The van der Waals surface area contributed by atoms with Crippen molar-refractivity contribution in [2.24, 2.45) is 7.05 Å². The van der Waals surface area contributed by atoms with Gasteiger partial charge >= 0.3 is 33.0 Å². The van der Waals surface area contributed by atoms with Gasteiger partial charge < -0.3 is 0 Å². The van der Waals surface area contributed by atoms with Crippen molar-refractivity contribution in [3.8, 4) is 0 Å². The van der Waals surface area contributed by atoms with Gasteiger partial charge in [0.1, 0.15) is 18.9 Å². The molecule has 0 saturated heterocycles. The van der Waals surface area contributed by atoms with Gasteiger partial charge in [-0.25, -0.2) is 9.13 Å². The van der Waals surface area contributed by atoms with Gasteiger partial charge in [0, 0.05) is 5.33 Å². The van der Waals surface area contributed by atoms with Crippen LogP contribution in [0.1, 0.15) is 0 Å². The molecule has 0 N–H and O–H groups in total. The van der Waals surface area contributed by atoms with Crippen LogP contribution in [0.15, 0.2) is 18.7 Å². The standard InChI is InChI=1S/C7H11Br2N2.F6P/c1-10-2-3-11(6-10)5-7(9)4-8;1-7(2,3,4,5)6/h2-3,6-7H,4-5H2,1H3;/q+1;-1. The van der Waals surface area contributed by atoms with Crippen molar-refractivity contribution in [3.63, 3.8) is 0 Å². The molecule has 0 amide bonds. The van der Waals surface area contributed by atoms with Crippen LogP contribution >= 0.6 is 39.7 Å². The van der Waals surface area contributed by atoms with Gasteiger partial charge in [0.2, 0.25) is 6.33 Å². The van der Waals surface area contributed by atoms with Gasteiger partial charge in [0.25, 0.3) is 0 Å². The van der Waals surface area contributed by atoms with Crippen LogP contribution in [0, 0.1) is 0 Å². The van der Waals surface area contributed by atoms with Crippen molar-refractivity contribution in [2.45, 2.75) is 11.4 Å². The van der Waals surface area contributed by atoms with Crippen LogP contribution in [0.25, 0.3) is 0 Å². The number of nitrogens with zero attached hydrogens (tertiary/aromatic N) is 2. The van der Waals surface area contributed by atoms with E-state index in [0.29, 0.717) is 4.83 Å². The van der Waals surface area contributed by atoms with E-state index < -0.39 is 7.81 Å². The Kier molecular flexibility index (Phi) is 5.33. The van der Waals surface area contributed by atoms with Crippen LogP contribution in [0.2, 0.25) is 0 Å². The summed E-state index contributed by atoms with van der Waals surface area (Å²) in [7, 11) is -8.64. The Morgan fingerprint density at radius 2 is 1.67 bits per heavy atom. The molecule has 110 valence electrons. The van der Waals surface area contributed by atoms with Crippen LogP contribution in [0.3, 0.4) is 0 Å². The molecule has 1 aromatic heterocycles. The van der Waals surface area contributed by atoms with E-state index in [2.05, 4.69) is 49.0 Å². The number of imidazole rings is 1. The van der Waals surface area contributed by atoms with E-state index >= 15 is 0 Å². The van der Waals surface area contributed by atoms with E-state index in [9.17, 15) is 25.2 Å². The molecule has 2 nitrogen and oxygen atoms in total. The molecule has 0 aliphatic carbocycles. The molecule has 0 saturated carbocycles. The van der Waals surface area contributed by atoms with Crippen molar-refractivity contribution in [1.29, 1.82) is 0 Å². The summed E-state index contributed by atoms with van der Waals surface area (Å²) in [6.45, 7) is 1.01. The fourth-order valence-electron chi connectivity index (χ4n) is 0.887. The molecule has 0 bridgehead atoms. The molecular weight excluding hydrogens is 417 g/mol. The predicted molar refractivity (Wildman–Crippen MR) is 65.7 cm³/mol. The molecule has 1 rings (SSSR count). The van der Waals surface area contributed by atoms with Crippen molar-refractivity contribution >= 4 is 39.7 Å². The summed E-state index contributed by atoms with van der Waals surface area (Å²) in [5.41, 5.74) is 0. The average Bonchev–Trinajstić information content (AvgIpc) is 2.45. The average molecular weight is 428 g/mol. The fraction of sp³-hybridized carbons (Fsp3) is 0.571. The minimum absolute atomic E-state index is 0.509. The molecule has 0 spiro atoms. The first-order valence-electron chi connectivity index (χ1n) is 4.45. The number of alkyl halides is 2. The second kappa shape index (κ2) is 5.28. The topological polar surface area (TPSA) is 8.81 Å². The molecular formula is C7H11Br2F6N2P. The summed E-state index contributed by atoms with van der Waals surface area (Å²) in [6.07, 6.45) is 6.17. The van der Waals surface area contributed by atoms with E-state index in [4.69, 9.17) is 0 Å². The summed E-state index contributed by atoms with van der Waals surface area (Å²) in [6, 6.07) is 0. The zero-order valence-corrected chi connectivity index (χ0v) is 13.2. The van der Waals surface area contributed by atoms with Gasteiger partial charge in [0.05, 0.1) is 11.9 Å². The first-order chi connectivity index (χ1) is 7.67. The molecule has 18 heavy (non-hydrogen) atoms.